The Bertz CT molecular complexity index is 920. The van der Waals surface area contributed by atoms with Gasteiger partial charge in [0.05, 0.1) is 19.8 Å². The van der Waals surface area contributed by atoms with E-state index in [9.17, 15) is 4.79 Å². The standard InChI is InChI=1S/C19H17N3O3S/c1-24-14-10-7-13(8-11-14)9-12-17(23)20-19-22-21-18(26-19)15-5-3-4-6-16(15)25-2/h3-12H,1-2H3,(H,20,22,23). The van der Waals surface area contributed by atoms with Gasteiger partial charge in [0.25, 0.3) is 0 Å². The number of methoxy groups -OCH3 is 2. The molecule has 0 saturated carbocycles. The van der Waals surface area contributed by atoms with Gasteiger partial charge >= 0.3 is 0 Å². The van der Waals surface area contributed by atoms with Crippen LogP contribution < -0.4 is 14.8 Å². The lowest BCUT2D eigenvalue weighted by Crippen LogP contribution is -2.07. The molecule has 0 spiro atoms. The maximum Gasteiger partial charge on any atom is 0.250 e. The van der Waals surface area contributed by atoms with Crippen LogP contribution in [0.2, 0.25) is 0 Å². The maximum absolute atomic E-state index is 12.1. The molecule has 0 fully saturated rings. The minimum atomic E-state index is -0.274. The van der Waals surface area contributed by atoms with Gasteiger partial charge in [-0.3, -0.25) is 10.1 Å². The lowest BCUT2D eigenvalue weighted by Gasteiger charge is -2.03. The second-order valence-corrected chi connectivity index (χ2v) is 6.19. The van der Waals surface area contributed by atoms with Crippen molar-refractivity contribution in [2.24, 2.45) is 0 Å². The number of ether oxygens (including phenoxy) is 2. The van der Waals surface area contributed by atoms with E-state index < -0.39 is 0 Å². The average Bonchev–Trinajstić information content (AvgIpc) is 3.15. The molecule has 1 N–H and O–H groups in total. The molecule has 0 unspecified atom stereocenters. The van der Waals surface area contributed by atoms with Crippen LogP contribution in [0.25, 0.3) is 16.6 Å². The van der Waals surface area contributed by atoms with Gasteiger partial charge in [-0.05, 0) is 35.9 Å². The first-order valence-electron chi connectivity index (χ1n) is 7.79. The number of para-hydroxylation sites is 1. The Kier molecular flexibility index (Phi) is 5.60. The number of carbonyl (C=O) groups is 1. The molecule has 7 heteroatoms. The highest BCUT2D eigenvalue weighted by Gasteiger charge is 2.12. The van der Waals surface area contributed by atoms with Crippen LogP contribution in [0.15, 0.2) is 54.6 Å². The number of amides is 1. The van der Waals surface area contributed by atoms with Crippen molar-refractivity contribution in [3.05, 3.63) is 60.2 Å². The normalized spacial score (nSPS) is 10.7. The fourth-order valence-electron chi connectivity index (χ4n) is 2.24. The molecule has 1 amide bonds. The molecule has 0 aliphatic carbocycles. The summed E-state index contributed by atoms with van der Waals surface area (Å²) in [6, 6.07) is 14.9. The summed E-state index contributed by atoms with van der Waals surface area (Å²) in [5.41, 5.74) is 1.73. The summed E-state index contributed by atoms with van der Waals surface area (Å²) in [7, 11) is 3.21. The van der Waals surface area contributed by atoms with Crippen molar-refractivity contribution in [2.75, 3.05) is 19.5 Å². The van der Waals surface area contributed by atoms with Crippen molar-refractivity contribution in [1.29, 1.82) is 0 Å². The number of carbonyl (C=O) groups excluding carboxylic acids is 1. The Hall–Kier alpha value is -3.19. The second-order valence-electron chi connectivity index (χ2n) is 5.21. The zero-order valence-electron chi connectivity index (χ0n) is 14.3. The van der Waals surface area contributed by atoms with Crippen molar-refractivity contribution in [3.8, 4) is 22.1 Å². The van der Waals surface area contributed by atoms with Crippen molar-refractivity contribution in [3.63, 3.8) is 0 Å². The van der Waals surface area contributed by atoms with E-state index in [2.05, 4.69) is 15.5 Å². The van der Waals surface area contributed by atoms with Gasteiger partial charge in [0.15, 0.2) is 5.01 Å². The third-order valence-electron chi connectivity index (χ3n) is 3.54. The van der Waals surface area contributed by atoms with Gasteiger partial charge in [-0.25, -0.2) is 0 Å². The maximum atomic E-state index is 12.1. The van der Waals surface area contributed by atoms with E-state index in [0.29, 0.717) is 15.9 Å². The van der Waals surface area contributed by atoms with Crippen molar-refractivity contribution in [2.45, 2.75) is 0 Å². The second kappa shape index (κ2) is 8.26. The monoisotopic (exact) mass is 367 g/mol. The minimum Gasteiger partial charge on any atom is -0.497 e. The van der Waals surface area contributed by atoms with Crippen LogP contribution >= 0.6 is 11.3 Å². The van der Waals surface area contributed by atoms with E-state index >= 15 is 0 Å². The summed E-state index contributed by atoms with van der Waals surface area (Å²) in [4.78, 5) is 12.1. The quantitative estimate of drug-likeness (QED) is 0.670. The Morgan fingerprint density at radius 2 is 1.81 bits per heavy atom. The van der Waals surface area contributed by atoms with Crippen LogP contribution in [0.3, 0.4) is 0 Å². The molecule has 0 radical (unpaired) electrons. The van der Waals surface area contributed by atoms with E-state index in [1.807, 2.05) is 48.5 Å². The van der Waals surface area contributed by atoms with E-state index in [4.69, 9.17) is 9.47 Å². The highest BCUT2D eigenvalue weighted by molar-refractivity contribution is 7.18. The Balaban J connectivity index is 1.66. The van der Waals surface area contributed by atoms with Crippen LogP contribution in [0.1, 0.15) is 5.56 Å². The fraction of sp³-hybridized carbons (Fsp3) is 0.105. The van der Waals surface area contributed by atoms with Gasteiger partial charge in [-0.1, -0.05) is 35.6 Å². The molecule has 0 bridgehead atoms. The number of hydrogen-bond donors (Lipinski definition) is 1. The number of hydrogen-bond acceptors (Lipinski definition) is 6. The Labute approximate surface area is 155 Å². The smallest absolute Gasteiger partial charge is 0.250 e. The first-order chi connectivity index (χ1) is 12.7. The van der Waals surface area contributed by atoms with Crippen molar-refractivity contribution >= 4 is 28.5 Å². The topological polar surface area (TPSA) is 73.3 Å². The first kappa shape index (κ1) is 17.6. The Morgan fingerprint density at radius 3 is 2.54 bits per heavy atom. The average molecular weight is 367 g/mol. The fourth-order valence-corrected chi connectivity index (χ4v) is 3.01. The van der Waals surface area contributed by atoms with Gasteiger partial charge in [-0.2, -0.15) is 0 Å². The lowest BCUT2D eigenvalue weighted by atomic mass is 10.2. The zero-order valence-corrected chi connectivity index (χ0v) is 15.1. The van der Waals surface area contributed by atoms with Gasteiger partial charge in [0.2, 0.25) is 11.0 Å². The third-order valence-corrected chi connectivity index (χ3v) is 4.41. The molecule has 3 rings (SSSR count). The van der Waals surface area contributed by atoms with Gasteiger partial charge < -0.3 is 9.47 Å². The lowest BCUT2D eigenvalue weighted by molar-refractivity contribution is -0.111. The Morgan fingerprint density at radius 1 is 1.04 bits per heavy atom. The van der Waals surface area contributed by atoms with Crippen molar-refractivity contribution in [1.82, 2.24) is 10.2 Å². The van der Waals surface area contributed by atoms with Crippen molar-refractivity contribution < 1.29 is 14.3 Å². The molecule has 0 aliphatic heterocycles. The minimum absolute atomic E-state index is 0.274. The molecular formula is C19H17N3O3S. The third kappa shape index (κ3) is 4.25. The highest BCUT2D eigenvalue weighted by atomic mass is 32.1. The van der Waals surface area contributed by atoms with E-state index in [-0.39, 0.29) is 5.91 Å². The summed E-state index contributed by atoms with van der Waals surface area (Å²) >= 11 is 1.29. The molecule has 132 valence electrons. The van der Waals surface area contributed by atoms with Crippen LogP contribution in [-0.4, -0.2) is 30.3 Å². The van der Waals surface area contributed by atoms with Gasteiger partial charge in [0, 0.05) is 6.08 Å². The molecule has 3 aromatic rings. The largest absolute Gasteiger partial charge is 0.497 e. The SMILES string of the molecule is COc1ccc(C=CC(=O)Nc2nnc(-c3ccccc3OC)s2)cc1. The van der Waals surface area contributed by atoms with Gasteiger partial charge in [0.1, 0.15) is 11.5 Å². The number of anilines is 1. The summed E-state index contributed by atoms with van der Waals surface area (Å²) in [6.45, 7) is 0. The highest BCUT2D eigenvalue weighted by Crippen LogP contribution is 2.33. The predicted octanol–water partition coefficient (Wildman–Crippen LogP) is 3.87. The van der Waals surface area contributed by atoms with E-state index in [1.54, 1.807) is 20.3 Å². The molecule has 1 aromatic heterocycles. The molecule has 0 saturated heterocycles. The van der Waals surface area contributed by atoms with Crippen LogP contribution in [-0.2, 0) is 4.79 Å². The zero-order chi connectivity index (χ0) is 18.4. The molecule has 0 aliphatic rings. The van der Waals surface area contributed by atoms with E-state index in [1.165, 1.54) is 17.4 Å². The van der Waals surface area contributed by atoms with E-state index in [0.717, 1.165) is 16.9 Å². The number of rotatable bonds is 6. The number of aromatic nitrogens is 2. The predicted molar refractivity (Wildman–Crippen MR) is 103 cm³/mol. The number of nitrogens with one attached hydrogen (secondary N) is 1. The van der Waals surface area contributed by atoms with Crippen LogP contribution in [0.4, 0.5) is 5.13 Å². The molecule has 26 heavy (non-hydrogen) atoms. The molecule has 0 atom stereocenters. The first-order valence-corrected chi connectivity index (χ1v) is 8.61. The summed E-state index contributed by atoms with van der Waals surface area (Å²) < 4.78 is 10.4. The van der Waals surface area contributed by atoms with Gasteiger partial charge in [-0.15, -0.1) is 10.2 Å². The molecular weight excluding hydrogens is 350 g/mol. The van der Waals surface area contributed by atoms with Crippen LogP contribution in [0.5, 0.6) is 11.5 Å². The molecule has 6 nitrogen and oxygen atoms in total. The summed E-state index contributed by atoms with van der Waals surface area (Å²) in [5.74, 6) is 1.20. The van der Waals surface area contributed by atoms with Crippen LogP contribution in [0, 0.1) is 0 Å². The number of benzene rings is 2. The molecule has 1 heterocycles. The summed E-state index contributed by atoms with van der Waals surface area (Å²) in [6.07, 6.45) is 3.17. The molecule has 2 aromatic carbocycles. The number of nitrogens with zero attached hydrogens (tertiary/aromatic N) is 2. The summed E-state index contributed by atoms with van der Waals surface area (Å²) in [5, 5.41) is 12.0.